The van der Waals surface area contributed by atoms with Gasteiger partial charge in [0, 0.05) is 32.2 Å². The van der Waals surface area contributed by atoms with Crippen LogP contribution in [0.5, 0.6) is 0 Å². The first-order chi connectivity index (χ1) is 14.6. The molecule has 1 fully saturated rings. The van der Waals surface area contributed by atoms with Crippen molar-refractivity contribution < 1.29 is 18.3 Å². The highest BCUT2D eigenvalue weighted by Gasteiger charge is 2.27. The minimum absolute atomic E-state index is 0.0586. The monoisotopic (exact) mass is 407 g/mol. The summed E-state index contributed by atoms with van der Waals surface area (Å²) in [6, 6.07) is 7.28. The van der Waals surface area contributed by atoms with Crippen molar-refractivity contribution in [2.75, 3.05) is 26.2 Å². The summed E-state index contributed by atoms with van der Waals surface area (Å²) in [6.45, 7) is 7.17. The molecule has 0 saturated carbocycles. The van der Waals surface area contributed by atoms with Gasteiger partial charge in [-0.15, -0.1) is 0 Å². The van der Waals surface area contributed by atoms with Crippen molar-refractivity contribution in [3.63, 3.8) is 0 Å². The molecule has 4 aromatic heterocycles. The maximum atomic E-state index is 13.4. The lowest BCUT2D eigenvalue weighted by atomic mass is 10.1. The third-order valence-electron chi connectivity index (χ3n) is 5.34. The van der Waals surface area contributed by atoms with E-state index < -0.39 is 0 Å². The number of piperazine rings is 1. The highest BCUT2D eigenvalue weighted by molar-refractivity contribution is 6.06. The van der Waals surface area contributed by atoms with Crippen LogP contribution in [0.2, 0.25) is 0 Å². The van der Waals surface area contributed by atoms with Crippen molar-refractivity contribution in [1.29, 1.82) is 0 Å². The summed E-state index contributed by atoms with van der Waals surface area (Å²) in [5.74, 6) is 1.36. The molecule has 5 rings (SSSR count). The number of aromatic nitrogens is 3. The van der Waals surface area contributed by atoms with E-state index in [-0.39, 0.29) is 5.91 Å². The summed E-state index contributed by atoms with van der Waals surface area (Å²) in [6.07, 6.45) is 1.57. The topological polar surface area (TPSA) is 102 Å². The molecule has 30 heavy (non-hydrogen) atoms. The first-order valence-electron chi connectivity index (χ1n) is 9.83. The van der Waals surface area contributed by atoms with Gasteiger partial charge in [-0.2, -0.15) is 0 Å². The van der Waals surface area contributed by atoms with Gasteiger partial charge in [-0.3, -0.25) is 9.69 Å². The first kappa shape index (κ1) is 18.6. The molecule has 0 atom stereocenters. The second kappa shape index (κ2) is 7.42. The molecule has 154 valence electrons. The molecule has 0 radical (unpaired) electrons. The number of pyridine rings is 1. The Labute approximate surface area is 172 Å². The van der Waals surface area contributed by atoms with Crippen LogP contribution < -0.4 is 0 Å². The van der Waals surface area contributed by atoms with Gasteiger partial charge in [-0.05, 0) is 32.0 Å². The molecular weight excluding hydrogens is 386 g/mol. The highest BCUT2D eigenvalue weighted by atomic mass is 16.5. The Morgan fingerprint density at radius 1 is 1.10 bits per heavy atom. The molecule has 9 nitrogen and oxygen atoms in total. The van der Waals surface area contributed by atoms with Crippen LogP contribution in [-0.2, 0) is 6.54 Å². The summed E-state index contributed by atoms with van der Waals surface area (Å²) in [7, 11) is 0. The quantitative estimate of drug-likeness (QED) is 0.509. The van der Waals surface area contributed by atoms with Crippen LogP contribution in [0.1, 0.15) is 27.5 Å². The van der Waals surface area contributed by atoms with Crippen molar-refractivity contribution in [3.05, 3.63) is 53.2 Å². The van der Waals surface area contributed by atoms with Gasteiger partial charge in [0.05, 0.1) is 35.1 Å². The van der Waals surface area contributed by atoms with E-state index in [4.69, 9.17) is 13.5 Å². The van der Waals surface area contributed by atoms with Gasteiger partial charge in [0.2, 0.25) is 0 Å². The average Bonchev–Trinajstić information content (AvgIpc) is 3.50. The van der Waals surface area contributed by atoms with E-state index in [1.54, 1.807) is 24.5 Å². The summed E-state index contributed by atoms with van der Waals surface area (Å²) < 4.78 is 16.1. The van der Waals surface area contributed by atoms with Crippen LogP contribution in [0.4, 0.5) is 0 Å². The van der Waals surface area contributed by atoms with E-state index >= 15 is 0 Å². The van der Waals surface area contributed by atoms with Gasteiger partial charge in [0.15, 0.2) is 11.5 Å². The summed E-state index contributed by atoms with van der Waals surface area (Å²) in [5.41, 5.74) is 2.93. The van der Waals surface area contributed by atoms with Gasteiger partial charge < -0.3 is 18.4 Å². The van der Waals surface area contributed by atoms with E-state index in [1.807, 2.05) is 24.8 Å². The Balaban J connectivity index is 1.38. The number of carbonyl (C=O) groups excluding carboxylic acids is 1. The lowest BCUT2D eigenvalue weighted by Gasteiger charge is -2.34. The molecule has 0 aromatic carbocycles. The fourth-order valence-corrected chi connectivity index (χ4v) is 3.80. The summed E-state index contributed by atoms with van der Waals surface area (Å²) in [4.78, 5) is 22.0. The number of fused-ring (bicyclic) bond motifs is 1. The van der Waals surface area contributed by atoms with Gasteiger partial charge in [0.1, 0.15) is 5.69 Å². The highest BCUT2D eigenvalue weighted by Crippen LogP contribution is 2.28. The molecule has 1 aliphatic rings. The van der Waals surface area contributed by atoms with E-state index in [0.717, 1.165) is 24.5 Å². The van der Waals surface area contributed by atoms with Crippen molar-refractivity contribution in [2.45, 2.75) is 20.4 Å². The van der Waals surface area contributed by atoms with E-state index in [9.17, 15) is 4.79 Å². The molecule has 0 N–H and O–H groups in total. The minimum Gasteiger partial charge on any atom is -0.463 e. The SMILES string of the molecule is Cc1cc(CN2CCN(C(=O)c3cc(-c4ccco4)nc4onc(C)c34)CC2)on1. The number of furan rings is 1. The molecule has 0 spiro atoms. The van der Waals surface area contributed by atoms with Gasteiger partial charge in [0.25, 0.3) is 11.6 Å². The molecule has 0 aliphatic carbocycles. The second-order valence-electron chi connectivity index (χ2n) is 7.48. The third-order valence-corrected chi connectivity index (χ3v) is 5.34. The second-order valence-corrected chi connectivity index (χ2v) is 7.48. The Hall–Kier alpha value is -3.46. The lowest BCUT2D eigenvalue weighted by Crippen LogP contribution is -2.48. The molecule has 0 bridgehead atoms. The van der Waals surface area contributed by atoms with E-state index in [2.05, 4.69) is 20.2 Å². The zero-order valence-electron chi connectivity index (χ0n) is 16.8. The number of nitrogens with zero attached hydrogens (tertiary/aromatic N) is 5. The summed E-state index contributed by atoms with van der Waals surface area (Å²) >= 11 is 0. The molecule has 5 heterocycles. The first-order valence-corrected chi connectivity index (χ1v) is 9.83. The standard InChI is InChI=1S/C21H21N5O4/c1-13-10-15(29-23-13)12-25-5-7-26(8-6-25)21(27)16-11-17(18-4-3-9-28-18)22-20-19(16)14(2)24-30-20/h3-4,9-11H,5-8,12H2,1-2H3. The number of carbonyl (C=O) groups is 1. The third kappa shape index (κ3) is 3.37. The van der Waals surface area contributed by atoms with Crippen LogP contribution in [0.25, 0.3) is 22.6 Å². The zero-order valence-corrected chi connectivity index (χ0v) is 16.8. The lowest BCUT2D eigenvalue weighted by molar-refractivity contribution is 0.0619. The van der Waals surface area contributed by atoms with Crippen molar-refractivity contribution >= 4 is 17.0 Å². The Bertz CT molecular complexity index is 1190. The average molecular weight is 407 g/mol. The number of aryl methyl sites for hydroxylation is 2. The molecular formula is C21H21N5O4. The fraction of sp³-hybridized carbons (Fsp3) is 0.333. The minimum atomic E-state index is -0.0586. The van der Waals surface area contributed by atoms with Crippen molar-refractivity contribution in [1.82, 2.24) is 25.1 Å². The maximum absolute atomic E-state index is 13.4. The molecule has 1 saturated heterocycles. The molecule has 1 amide bonds. The largest absolute Gasteiger partial charge is 0.463 e. The Kier molecular flexibility index (Phi) is 4.59. The number of amides is 1. The van der Waals surface area contributed by atoms with Gasteiger partial charge in [-0.1, -0.05) is 10.3 Å². The Morgan fingerprint density at radius 2 is 1.93 bits per heavy atom. The molecule has 1 aliphatic heterocycles. The zero-order chi connectivity index (χ0) is 20.7. The smallest absolute Gasteiger partial charge is 0.259 e. The number of hydrogen-bond acceptors (Lipinski definition) is 8. The number of hydrogen-bond donors (Lipinski definition) is 0. The van der Waals surface area contributed by atoms with E-state index in [1.165, 1.54) is 0 Å². The molecule has 9 heteroatoms. The normalized spacial score (nSPS) is 15.2. The predicted octanol–water partition coefficient (Wildman–Crippen LogP) is 3.05. The van der Waals surface area contributed by atoms with Crippen LogP contribution in [0.3, 0.4) is 0 Å². The Morgan fingerprint density at radius 3 is 2.63 bits per heavy atom. The predicted molar refractivity (Wildman–Crippen MR) is 107 cm³/mol. The van der Waals surface area contributed by atoms with Crippen LogP contribution in [0, 0.1) is 13.8 Å². The van der Waals surface area contributed by atoms with Gasteiger partial charge in [-0.25, -0.2) is 4.98 Å². The van der Waals surface area contributed by atoms with Crippen molar-refractivity contribution in [2.24, 2.45) is 0 Å². The fourth-order valence-electron chi connectivity index (χ4n) is 3.80. The van der Waals surface area contributed by atoms with Crippen LogP contribution >= 0.6 is 0 Å². The molecule has 0 unspecified atom stereocenters. The summed E-state index contributed by atoms with van der Waals surface area (Å²) in [5, 5.41) is 8.58. The van der Waals surface area contributed by atoms with Gasteiger partial charge >= 0.3 is 0 Å². The maximum Gasteiger partial charge on any atom is 0.259 e. The van der Waals surface area contributed by atoms with Crippen molar-refractivity contribution in [3.8, 4) is 11.5 Å². The number of rotatable bonds is 4. The van der Waals surface area contributed by atoms with Crippen LogP contribution in [0.15, 0.2) is 44.0 Å². The molecule has 4 aromatic rings. The van der Waals surface area contributed by atoms with Crippen LogP contribution in [-0.4, -0.2) is 57.2 Å². The van der Waals surface area contributed by atoms with E-state index in [0.29, 0.717) is 53.4 Å².